The molecule has 3 rings (SSSR count). The molecule has 1 saturated heterocycles. The van der Waals surface area contributed by atoms with Crippen LogP contribution in [0, 0.1) is 5.82 Å². The molecular weight excluding hydrogens is 394 g/mol. The third-order valence-corrected chi connectivity index (χ3v) is 4.79. The summed E-state index contributed by atoms with van der Waals surface area (Å²) < 4.78 is 18.6. The van der Waals surface area contributed by atoms with Gasteiger partial charge >= 0.3 is 0 Å². The van der Waals surface area contributed by atoms with Crippen LogP contribution in [0.5, 0.6) is 5.75 Å². The summed E-state index contributed by atoms with van der Waals surface area (Å²) >= 11 is 11.8. The van der Waals surface area contributed by atoms with E-state index in [1.165, 1.54) is 12.1 Å². The smallest absolute Gasteiger partial charge is 0.260 e. The van der Waals surface area contributed by atoms with Crippen LogP contribution in [-0.4, -0.2) is 54.4 Å². The quantitative estimate of drug-likeness (QED) is 0.774. The minimum Gasteiger partial charge on any atom is -0.484 e. The van der Waals surface area contributed by atoms with Gasteiger partial charge in [-0.15, -0.1) is 0 Å². The molecule has 2 aromatic carbocycles. The first kappa shape index (κ1) is 19.5. The molecule has 1 aliphatic rings. The number of hydrogen-bond donors (Lipinski definition) is 0. The maximum atomic E-state index is 13.1. The highest BCUT2D eigenvalue weighted by Gasteiger charge is 2.26. The van der Waals surface area contributed by atoms with Crippen molar-refractivity contribution in [3.8, 4) is 5.75 Å². The van der Waals surface area contributed by atoms with Crippen molar-refractivity contribution in [2.75, 3.05) is 32.8 Å². The van der Waals surface area contributed by atoms with E-state index in [9.17, 15) is 14.0 Å². The molecule has 5 nitrogen and oxygen atoms in total. The second-order valence-electron chi connectivity index (χ2n) is 6.04. The minimum absolute atomic E-state index is 0.0772. The molecule has 0 spiro atoms. The summed E-state index contributed by atoms with van der Waals surface area (Å²) in [5, 5.41) is 0.611. The van der Waals surface area contributed by atoms with Gasteiger partial charge in [0, 0.05) is 31.2 Å². The number of nitrogens with zero attached hydrogens (tertiary/aromatic N) is 2. The third-order valence-electron chi connectivity index (χ3n) is 4.24. The van der Waals surface area contributed by atoms with Crippen LogP contribution in [0.25, 0.3) is 0 Å². The van der Waals surface area contributed by atoms with E-state index in [2.05, 4.69) is 0 Å². The summed E-state index contributed by atoms with van der Waals surface area (Å²) in [6.07, 6.45) is 0. The van der Waals surface area contributed by atoms with Crippen molar-refractivity contribution in [2.24, 2.45) is 0 Å². The summed E-state index contributed by atoms with van der Waals surface area (Å²) in [5.74, 6) is -0.411. The summed E-state index contributed by atoms with van der Waals surface area (Å²) in [6, 6.07) is 10.5. The minimum atomic E-state index is -0.494. The van der Waals surface area contributed by atoms with E-state index >= 15 is 0 Å². The molecule has 0 aromatic heterocycles. The molecule has 0 N–H and O–H groups in total. The Morgan fingerprint density at radius 1 is 1.00 bits per heavy atom. The number of halogens is 3. The number of carbonyl (C=O) groups excluding carboxylic acids is 2. The molecule has 0 unspecified atom stereocenters. The van der Waals surface area contributed by atoms with E-state index in [4.69, 9.17) is 27.9 Å². The van der Waals surface area contributed by atoms with E-state index in [0.717, 1.165) is 6.07 Å². The van der Waals surface area contributed by atoms with Crippen LogP contribution >= 0.6 is 23.2 Å². The van der Waals surface area contributed by atoms with Gasteiger partial charge in [-0.2, -0.15) is 0 Å². The van der Waals surface area contributed by atoms with Crippen molar-refractivity contribution < 1.29 is 18.7 Å². The molecule has 2 amide bonds. The van der Waals surface area contributed by atoms with Crippen LogP contribution in [-0.2, 0) is 4.79 Å². The number of ether oxygens (including phenoxy) is 1. The van der Waals surface area contributed by atoms with Gasteiger partial charge in [0.1, 0.15) is 11.6 Å². The molecule has 0 saturated carbocycles. The fourth-order valence-corrected chi connectivity index (χ4v) is 3.21. The Morgan fingerprint density at radius 3 is 2.37 bits per heavy atom. The molecule has 0 radical (unpaired) electrons. The van der Waals surface area contributed by atoms with Crippen molar-refractivity contribution in [1.82, 2.24) is 9.80 Å². The third kappa shape index (κ3) is 4.90. The van der Waals surface area contributed by atoms with Gasteiger partial charge in [-0.3, -0.25) is 9.59 Å². The largest absolute Gasteiger partial charge is 0.484 e. The van der Waals surface area contributed by atoms with Crippen molar-refractivity contribution in [3.05, 3.63) is 63.9 Å². The van der Waals surface area contributed by atoms with Crippen molar-refractivity contribution >= 4 is 35.0 Å². The van der Waals surface area contributed by atoms with Gasteiger partial charge in [0.15, 0.2) is 6.61 Å². The van der Waals surface area contributed by atoms with E-state index in [-0.39, 0.29) is 29.0 Å². The summed E-state index contributed by atoms with van der Waals surface area (Å²) in [5.41, 5.74) is 0.252. The van der Waals surface area contributed by atoms with Gasteiger partial charge in [-0.05, 0) is 36.4 Å². The van der Waals surface area contributed by atoms with Crippen LogP contribution in [0.2, 0.25) is 10.0 Å². The predicted octanol–water partition coefficient (Wildman–Crippen LogP) is 3.50. The van der Waals surface area contributed by atoms with Gasteiger partial charge in [0.25, 0.3) is 11.8 Å². The van der Waals surface area contributed by atoms with Gasteiger partial charge in [-0.1, -0.05) is 29.3 Å². The number of carbonyl (C=O) groups is 2. The van der Waals surface area contributed by atoms with Crippen molar-refractivity contribution in [3.63, 3.8) is 0 Å². The standard InChI is InChI=1S/C19H17Cl2FN2O3/c20-13-2-1-3-15(10-13)27-12-18(25)23-6-8-24(9-7-23)19(26)16-5-4-14(22)11-17(16)21/h1-5,10-11H,6-9,12H2. The van der Waals surface area contributed by atoms with Crippen molar-refractivity contribution in [1.29, 1.82) is 0 Å². The van der Waals surface area contributed by atoms with Crippen molar-refractivity contribution in [2.45, 2.75) is 0 Å². The lowest BCUT2D eigenvalue weighted by Crippen LogP contribution is -2.51. The van der Waals surface area contributed by atoms with Crippen LogP contribution < -0.4 is 4.74 Å². The molecule has 1 fully saturated rings. The number of benzene rings is 2. The maximum absolute atomic E-state index is 13.1. The van der Waals surface area contributed by atoms with Crippen LogP contribution in [0.3, 0.4) is 0 Å². The Balaban J connectivity index is 1.52. The Bertz CT molecular complexity index is 855. The molecule has 8 heteroatoms. The van der Waals surface area contributed by atoms with Crippen LogP contribution in [0.15, 0.2) is 42.5 Å². The molecule has 1 aliphatic heterocycles. The summed E-state index contributed by atoms with van der Waals surface area (Å²) in [7, 11) is 0. The van der Waals surface area contributed by atoms with E-state index in [1.54, 1.807) is 34.1 Å². The monoisotopic (exact) mass is 410 g/mol. The van der Waals surface area contributed by atoms with E-state index in [1.807, 2.05) is 0 Å². The molecule has 142 valence electrons. The van der Waals surface area contributed by atoms with Crippen LogP contribution in [0.4, 0.5) is 4.39 Å². The topological polar surface area (TPSA) is 49.9 Å². The van der Waals surface area contributed by atoms with Gasteiger partial charge in [0.05, 0.1) is 10.6 Å². The SMILES string of the molecule is O=C(COc1cccc(Cl)c1)N1CCN(C(=O)c2ccc(F)cc2Cl)CC1. The van der Waals surface area contributed by atoms with Gasteiger partial charge < -0.3 is 14.5 Å². The van der Waals surface area contributed by atoms with Gasteiger partial charge in [-0.25, -0.2) is 4.39 Å². The normalized spacial score (nSPS) is 14.2. The van der Waals surface area contributed by atoms with Crippen LogP contribution in [0.1, 0.15) is 10.4 Å². The number of amides is 2. The Labute approximate surface area is 166 Å². The van der Waals surface area contributed by atoms with E-state index < -0.39 is 5.82 Å². The average molecular weight is 411 g/mol. The lowest BCUT2D eigenvalue weighted by atomic mass is 10.1. The fourth-order valence-electron chi connectivity index (χ4n) is 2.79. The highest BCUT2D eigenvalue weighted by molar-refractivity contribution is 6.33. The number of piperazine rings is 1. The Morgan fingerprint density at radius 2 is 1.70 bits per heavy atom. The first-order chi connectivity index (χ1) is 12.9. The average Bonchev–Trinajstić information content (AvgIpc) is 2.66. The molecular formula is C19H17Cl2FN2O3. The Hall–Kier alpha value is -2.31. The fraction of sp³-hybridized carbons (Fsp3) is 0.263. The summed E-state index contributed by atoms with van der Waals surface area (Å²) in [4.78, 5) is 28.1. The lowest BCUT2D eigenvalue weighted by molar-refractivity contribution is -0.134. The zero-order chi connectivity index (χ0) is 19.4. The number of hydrogen-bond acceptors (Lipinski definition) is 3. The lowest BCUT2D eigenvalue weighted by Gasteiger charge is -2.34. The predicted molar refractivity (Wildman–Crippen MR) is 101 cm³/mol. The summed E-state index contributed by atoms with van der Waals surface area (Å²) in [6.45, 7) is 1.42. The highest BCUT2D eigenvalue weighted by Crippen LogP contribution is 2.20. The molecule has 0 bridgehead atoms. The maximum Gasteiger partial charge on any atom is 0.260 e. The first-order valence-electron chi connectivity index (χ1n) is 8.34. The van der Waals surface area contributed by atoms with E-state index in [0.29, 0.717) is 37.0 Å². The highest BCUT2D eigenvalue weighted by atomic mass is 35.5. The second kappa shape index (κ2) is 8.59. The molecule has 0 atom stereocenters. The van der Waals surface area contributed by atoms with Gasteiger partial charge in [0.2, 0.25) is 0 Å². The second-order valence-corrected chi connectivity index (χ2v) is 6.89. The zero-order valence-corrected chi connectivity index (χ0v) is 15.8. The molecule has 27 heavy (non-hydrogen) atoms. The molecule has 2 aromatic rings. The first-order valence-corrected chi connectivity index (χ1v) is 9.10. The molecule has 1 heterocycles. The Kier molecular flexibility index (Phi) is 6.19. The molecule has 0 aliphatic carbocycles. The zero-order valence-electron chi connectivity index (χ0n) is 14.3. The number of rotatable bonds is 4.